The molecule has 3 rings (SSSR count). The Kier molecular flexibility index (Phi) is 8.99. The SMILES string of the molecule is C[C@H]1O[C@H](O[C@H]2[C@@H](O)[C@@H](CO)O[C@@H](O[C@H]3[C@H](O)[C@@H](O)[C@H](O)O[C@@H]3CO)[C@@H]2O)[C@H](O)[C@@H](O)[C@H]1O. The lowest BCUT2D eigenvalue weighted by molar-refractivity contribution is -0.377. The van der Waals surface area contributed by atoms with Crippen molar-refractivity contribution >= 4 is 0 Å². The van der Waals surface area contributed by atoms with E-state index in [1.54, 1.807) is 0 Å². The number of rotatable bonds is 6. The van der Waals surface area contributed by atoms with Crippen molar-refractivity contribution in [2.45, 2.75) is 99.0 Å². The lowest BCUT2D eigenvalue weighted by Gasteiger charge is -2.47. The first kappa shape index (κ1) is 27.0. The molecule has 15 atom stereocenters. The summed E-state index contributed by atoms with van der Waals surface area (Å²) in [5.41, 5.74) is 0. The number of hydrogen-bond donors (Lipinski definition) is 10. The zero-order valence-electron chi connectivity index (χ0n) is 17.6. The summed E-state index contributed by atoms with van der Waals surface area (Å²) in [5, 5.41) is 99.9. The molecule has 33 heavy (non-hydrogen) atoms. The zero-order chi connectivity index (χ0) is 24.6. The molecule has 15 heteroatoms. The Hall–Kier alpha value is -0.600. The lowest BCUT2D eigenvalue weighted by atomic mass is 9.96. The van der Waals surface area contributed by atoms with Crippen molar-refractivity contribution in [3.63, 3.8) is 0 Å². The molecule has 3 fully saturated rings. The van der Waals surface area contributed by atoms with Crippen molar-refractivity contribution in [2.75, 3.05) is 13.2 Å². The van der Waals surface area contributed by atoms with Crippen LogP contribution in [0.3, 0.4) is 0 Å². The minimum atomic E-state index is -1.84. The van der Waals surface area contributed by atoms with E-state index >= 15 is 0 Å². The lowest BCUT2D eigenvalue weighted by Crippen LogP contribution is -2.66. The highest BCUT2D eigenvalue weighted by Gasteiger charge is 2.53. The highest BCUT2D eigenvalue weighted by molar-refractivity contribution is 4.96. The van der Waals surface area contributed by atoms with Gasteiger partial charge in [0.25, 0.3) is 0 Å². The second kappa shape index (κ2) is 11.0. The number of aliphatic hydroxyl groups excluding tert-OH is 10. The minimum absolute atomic E-state index is 0.749. The average Bonchev–Trinajstić information content (AvgIpc) is 2.79. The molecule has 0 aromatic rings. The first-order chi connectivity index (χ1) is 15.5. The Morgan fingerprint density at radius 3 is 1.73 bits per heavy atom. The third kappa shape index (κ3) is 5.32. The molecule has 0 aliphatic carbocycles. The summed E-state index contributed by atoms with van der Waals surface area (Å²) >= 11 is 0. The van der Waals surface area contributed by atoms with Gasteiger partial charge in [-0.3, -0.25) is 0 Å². The van der Waals surface area contributed by atoms with Crippen LogP contribution in [0.4, 0.5) is 0 Å². The molecule has 0 radical (unpaired) electrons. The van der Waals surface area contributed by atoms with Gasteiger partial charge in [0, 0.05) is 0 Å². The maximum absolute atomic E-state index is 10.7. The molecular weight excluding hydrogens is 456 g/mol. The summed E-state index contributed by atoms with van der Waals surface area (Å²) in [6.07, 6.45) is -23.9. The van der Waals surface area contributed by atoms with Crippen molar-refractivity contribution in [2.24, 2.45) is 0 Å². The molecule has 3 heterocycles. The summed E-state index contributed by atoms with van der Waals surface area (Å²) in [4.78, 5) is 0. The molecule has 3 aliphatic heterocycles. The van der Waals surface area contributed by atoms with Gasteiger partial charge >= 0.3 is 0 Å². The molecule has 0 unspecified atom stereocenters. The van der Waals surface area contributed by atoms with Crippen LogP contribution in [-0.2, 0) is 23.7 Å². The molecule has 3 aliphatic rings. The average molecular weight is 488 g/mol. The zero-order valence-corrected chi connectivity index (χ0v) is 17.6. The van der Waals surface area contributed by atoms with E-state index in [4.69, 9.17) is 23.7 Å². The Labute approximate surface area is 187 Å². The normalized spacial score (nSPS) is 53.7. The molecular formula is C18H32O15. The Bertz CT molecular complexity index is 624. The second-order valence-corrected chi connectivity index (χ2v) is 8.32. The van der Waals surface area contributed by atoms with Crippen LogP contribution in [0.5, 0.6) is 0 Å². The summed E-state index contributed by atoms with van der Waals surface area (Å²) in [6, 6.07) is 0. The van der Waals surface area contributed by atoms with E-state index in [2.05, 4.69) is 0 Å². The van der Waals surface area contributed by atoms with Crippen molar-refractivity contribution in [3.8, 4) is 0 Å². The van der Waals surface area contributed by atoms with Gasteiger partial charge in [0.15, 0.2) is 18.9 Å². The monoisotopic (exact) mass is 488 g/mol. The van der Waals surface area contributed by atoms with Gasteiger partial charge in [0.2, 0.25) is 0 Å². The van der Waals surface area contributed by atoms with Crippen molar-refractivity contribution in [3.05, 3.63) is 0 Å². The third-order valence-electron chi connectivity index (χ3n) is 6.05. The Morgan fingerprint density at radius 2 is 1.12 bits per heavy atom. The van der Waals surface area contributed by atoms with Crippen LogP contribution in [-0.4, -0.2) is 156 Å². The van der Waals surface area contributed by atoms with E-state index in [1.165, 1.54) is 6.92 Å². The fourth-order valence-corrected chi connectivity index (χ4v) is 4.00. The molecule has 194 valence electrons. The number of aliphatic hydroxyl groups is 10. The van der Waals surface area contributed by atoms with Gasteiger partial charge in [0.1, 0.15) is 67.1 Å². The minimum Gasteiger partial charge on any atom is -0.394 e. The first-order valence-corrected chi connectivity index (χ1v) is 10.4. The van der Waals surface area contributed by atoms with Crippen molar-refractivity contribution in [1.82, 2.24) is 0 Å². The van der Waals surface area contributed by atoms with Crippen LogP contribution in [0.25, 0.3) is 0 Å². The topological polar surface area (TPSA) is 248 Å². The smallest absolute Gasteiger partial charge is 0.187 e. The van der Waals surface area contributed by atoms with Gasteiger partial charge in [-0.1, -0.05) is 0 Å². The molecule has 0 aromatic carbocycles. The second-order valence-electron chi connectivity index (χ2n) is 8.32. The van der Waals surface area contributed by atoms with Crippen LogP contribution < -0.4 is 0 Å². The van der Waals surface area contributed by atoms with Crippen LogP contribution in [0.15, 0.2) is 0 Å². The van der Waals surface area contributed by atoms with E-state index < -0.39 is 105 Å². The molecule has 15 nitrogen and oxygen atoms in total. The highest BCUT2D eigenvalue weighted by Crippen LogP contribution is 2.32. The quantitative estimate of drug-likeness (QED) is 0.167. The summed E-state index contributed by atoms with van der Waals surface area (Å²) in [6.45, 7) is -0.122. The molecule has 0 bridgehead atoms. The molecule has 3 saturated heterocycles. The van der Waals surface area contributed by atoms with E-state index in [9.17, 15) is 51.1 Å². The van der Waals surface area contributed by atoms with Crippen molar-refractivity contribution < 1.29 is 74.7 Å². The maximum atomic E-state index is 10.7. The molecule has 10 N–H and O–H groups in total. The fourth-order valence-electron chi connectivity index (χ4n) is 4.00. The van der Waals surface area contributed by atoms with Crippen LogP contribution in [0, 0.1) is 0 Å². The number of hydrogen-bond acceptors (Lipinski definition) is 15. The Morgan fingerprint density at radius 1 is 0.545 bits per heavy atom. The summed E-state index contributed by atoms with van der Waals surface area (Å²) in [7, 11) is 0. The van der Waals surface area contributed by atoms with Crippen LogP contribution >= 0.6 is 0 Å². The van der Waals surface area contributed by atoms with E-state index in [1.807, 2.05) is 0 Å². The highest BCUT2D eigenvalue weighted by atomic mass is 16.7. The van der Waals surface area contributed by atoms with Gasteiger partial charge in [-0.15, -0.1) is 0 Å². The van der Waals surface area contributed by atoms with Gasteiger partial charge in [-0.05, 0) is 6.92 Å². The maximum Gasteiger partial charge on any atom is 0.187 e. The molecule has 0 spiro atoms. The van der Waals surface area contributed by atoms with Gasteiger partial charge < -0.3 is 74.7 Å². The van der Waals surface area contributed by atoms with Crippen molar-refractivity contribution in [1.29, 1.82) is 0 Å². The van der Waals surface area contributed by atoms with Gasteiger partial charge in [-0.2, -0.15) is 0 Å². The predicted octanol–water partition coefficient (Wildman–Crippen LogP) is -6.55. The molecule has 0 aromatic heterocycles. The summed E-state index contributed by atoms with van der Waals surface area (Å²) in [5.74, 6) is 0. The largest absolute Gasteiger partial charge is 0.394 e. The number of ether oxygens (including phenoxy) is 5. The predicted molar refractivity (Wildman–Crippen MR) is 99.8 cm³/mol. The van der Waals surface area contributed by atoms with E-state index in [-0.39, 0.29) is 0 Å². The van der Waals surface area contributed by atoms with Crippen LogP contribution in [0.1, 0.15) is 6.92 Å². The standard InChI is InChI=1S/C18H32O15/c1-4-7(21)9(23)12(26)17(29-4)33-15-8(22)5(2-19)31-18(13(15)27)32-14-6(3-20)30-16(28)11(25)10(14)24/h4-28H,2-3H2,1H3/t4-,5-,6-,7+,8+,9+,10-,11-,12-,13-,14-,15+,16-,17-,18+/m1/s1. The molecule has 0 saturated carbocycles. The van der Waals surface area contributed by atoms with Gasteiger partial charge in [-0.25, -0.2) is 0 Å². The van der Waals surface area contributed by atoms with Crippen LogP contribution in [0.2, 0.25) is 0 Å². The fraction of sp³-hybridized carbons (Fsp3) is 1.00. The first-order valence-electron chi connectivity index (χ1n) is 10.4. The molecule has 0 amide bonds. The Balaban J connectivity index is 1.77. The van der Waals surface area contributed by atoms with E-state index in [0.717, 1.165) is 0 Å². The summed E-state index contributed by atoms with van der Waals surface area (Å²) < 4.78 is 26.6. The van der Waals surface area contributed by atoms with E-state index in [0.29, 0.717) is 0 Å². The third-order valence-corrected chi connectivity index (χ3v) is 6.05. The van der Waals surface area contributed by atoms with Gasteiger partial charge in [0.05, 0.1) is 19.3 Å².